The number of aryl methyl sites for hydroxylation is 4. The molecule has 4 rings (SSSR count). The molecule has 2 aromatic carbocycles. The van der Waals surface area contributed by atoms with Gasteiger partial charge in [0, 0.05) is 5.69 Å². The van der Waals surface area contributed by atoms with Crippen molar-refractivity contribution in [2.45, 2.75) is 54.0 Å². The number of anilines is 1. The number of nitrogens with one attached hydrogen (secondary N) is 1. The lowest BCUT2D eigenvalue weighted by Gasteiger charge is -2.18. The van der Waals surface area contributed by atoms with E-state index in [2.05, 4.69) is 15.5 Å². The van der Waals surface area contributed by atoms with Crippen molar-refractivity contribution in [3.05, 3.63) is 80.9 Å². The highest BCUT2D eigenvalue weighted by Gasteiger charge is 2.25. The summed E-state index contributed by atoms with van der Waals surface area (Å²) < 4.78 is 3.05. The maximum absolute atomic E-state index is 13.5. The second-order valence-corrected chi connectivity index (χ2v) is 8.55. The first kappa shape index (κ1) is 22.5. The van der Waals surface area contributed by atoms with E-state index in [0.29, 0.717) is 17.6 Å². The average molecular weight is 444 g/mol. The van der Waals surface area contributed by atoms with Crippen LogP contribution in [0.25, 0.3) is 16.6 Å². The zero-order chi connectivity index (χ0) is 23.9. The van der Waals surface area contributed by atoms with Crippen molar-refractivity contribution < 1.29 is 4.79 Å². The Labute approximate surface area is 193 Å². The summed E-state index contributed by atoms with van der Waals surface area (Å²) in [5.41, 5.74) is 6.31. The molecule has 1 unspecified atom stereocenters. The van der Waals surface area contributed by atoms with Crippen molar-refractivity contribution in [1.29, 1.82) is 0 Å². The van der Waals surface area contributed by atoms with Gasteiger partial charge in [-0.2, -0.15) is 10.2 Å². The van der Waals surface area contributed by atoms with Gasteiger partial charge in [-0.3, -0.25) is 9.59 Å². The highest BCUT2D eigenvalue weighted by molar-refractivity contribution is 5.94. The topological polar surface area (TPSA) is 81.8 Å². The van der Waals surface area contributed by atoms with Gasteiger partial charge in [-0.15, -0.1) is 0 Å². The highest BCUT2D eigenvalue weighted by Crippen LogP contribution is 2.24. The zero-order valence-corrected chi connectivity index (χ0v) is 19.9. The van der Waals surface area contributed by atoms with Gasteiger partial charge in [-0.25, -0.2) is 9.36 Å². The molecule has 0 bridgehead atoms. The van der Waals surface area contributed by atoms with E-state index in [1.165, 1.54) is 4.68 Å². The van der Waals surface area contributed by atoms with Crippen LogP contribution in [0.5, 0.6) is 0 Å². The molecule has 0 aliphatic heterocycles. The second kappa shape index (κ2) is 8.65. The number of carbonyl (C=O) groups is 1. The number of hydrogen-bond donors (Lipinski definition) is 1. The standard InChI is InChI=1S/C26H29N5O2/c1-7-22(25(32)27-21-10-8-9-16(3)17(21)4)31-26(33)24-23(18(5)28-31)19(6)30(29-24)20-13-11-15(2)12-14-20/h8-14,22H,7H2,1-6H3,(H,27,32). The SMILES string of the molecule is CCC(C(=O)Nc1cccc(C)c1C)n1nc(C)c2c(C)n(-c3ccc(C)cc3)nc2c1=O. The highest BCUT2D eigenvalue weighted by atomic mass is 16.2. The fourth-order valence-electron chi connectivity index (χ4n) is 4.17. The second-order valence-electron chi connectivity index (χ2n) is 8.55. The minimum absolute atomic E-state index is 0.269. The van der Waals surface area contributed by atoms with Gasteiger partial charge < -0.3 is 5.32 Å². The van der Waals surface area contributed by atoms with Crippen molar-refractivity contribution in [3.63, 3.8) is 0 Å². The van der Waals surface area contributed by atoms with E-state index < -0.39 is 6.04 Å². The Morgan fingerprint density at radius 3 is 2.36 bits per heavy atom. The molecule has 1 N–H and O–H groups in total. The third-order valence-electron chi connectivity index (χ3n) is 6.27. The van der Waals surface area contributed by atoms with Gasteiger partial charge in [-0.05, 0) is 70.4 Å². The summed E-state index contributed by atoms with van der Waals surface area (Å²) in [4.78, 5) is 26.7. The predicted octanol–water partition coefficient (Wildman–Crippen LogP) is 4.71. The number of fused-ring (bicyclic) bond motifs is 1. The minimum Gasteiger partial charge on any atom is -0.324 e. The fraction of sp³-hybridized carbons (Fsp3) is 0.308. The molecule has 7 nitrogen and oxygen atoms in total. The van der Waals surface area contributed by atoms with Crippen molar-refractivity contribution in [3.8, 4) is 5.69 Å². The maximum atomic E-state index is 13.5. The minimum atomic E-state index is -0.745. The van der Waals surface area contributed by atoms with Crippen LogP contribution in [-0.4, -0.2) is 25.5 Å². The first-order valence-corrected chi connectivity index (χ1v) is 11.2. The van der Waals surface area contributed by atoms with Crippen molar-refractivity contribution in [2.24, 2.45) is 0 Å². The van der Waals surface area contributed by atoms with Crippen molar-refractivity contribution >= 4 is 22.5 Å². The molecular weight excluding hydrogens is 414 g/mol. The average Bonchev–Trinajstić information content (AvgIpc) is 3.14. The van der Waals surface area contributed by atoms with Crippen LogP contribution in [0.15, 0.2) is 47.3 Å². The van der Waals surface area contributed by atoms with Gasteiger partial charge in [0.25, 0.3) is 5.56 Å². The van der Waals surface area contributed by atoms with Gasteiger partial charge >= 0.3 is 0 Å². The summed E-state index contributed by atoms with van der Waals surface area (Å²) >= 11 is 0. The Kier molecular flexibility index (Phi) is 5.89. The molecule has 170 valence electrons. The molecule has 1 atom stereocenters. The van der Waals surface area contributed by atoms with Gasteiger partial charge in [0.2, 0.25) is 5.91 Å². The molecule has 0 spiro atoms. The molecule has 0 radical (unpaired) electrons. The number of rotatable bonds is 5. The first-order chi connectivity index (χ1) is 15.7. The van der Waals surface area contributed by atoms with Crippen LogP contribution in [0.2, 0.25) is 0 Å². The Morgan fingerprint density at radius 1 is 1.00 bits per heavy atom. The molecule has 0 aliphatic rings. The normalized spacial score (nSPS) is 12.2. The number of nitrogens with zero attached hydrogens (tertiary/aromatic N) is 4. The van der Waals surface area contributed by atoms with Crippen LogP contribution in [0.3, 0.4) is 0 Å². The summed E-state index contributed by atoms with van der Waals surface area (Å²) in [6, 6.07) is 13.0. The number of amides is 1. The molecular formula is C26H29N5O2. The lowest BCUT2D eigenvalue weighted by Crippen LogP contribution is -2.35. The molecule has 0 saturated carbocycles. The third kappa shape index (κ3) is 3.95. The van der Waals surface area contributed by atoms with Crippen LogP contribution >= 0.6 is 0 Å². The Bertz CT molecular complexity index is 1410. The fourth-order valence-corrected chi connectivity index (χ4v) is 4.17. The van der Waals surface area contributed by atoms with Gasteiger partial charge in [0.05, 0.1) is 22.5 Å². The van der Waals surface area contributed by atoms with E-state index in [1.807, 2.05) is 84.0 Å². The van der Waals surface area contributed by atoms with E-state index in [1.54, 1.807) is 4.68 Å². The number of aromatic nitrogens is 4. The van der Waals surface area contributed by atoms with Crippen LogP contribution in [0.1, 0.15) is 47.5 Å². The van der Waals surface area contributed by atoms with E-state index in [9.17, 15) is 9.59 Å². The van der Waals surface area contributed by atoms with Crippen LogP contribution in [-0.2, 0) is 4.79 Å². The molecule has 4 aromatic rings. The van der Waals surface area contributed by atoms with Gasteiger partial charge in [0.15, 0.2) is 5.52 Å². The molecule has 0 saturated heterocycles. The van der Waals surface area contributed by atoms with E-state index >= 15 is 0 Å². The van der Waals surface area contributed by atoms with E-state index in [-0.39, 0.29) is 11.5 Å². The summed E-state index contributed by atoms with van der Waals surface area (Å²) in [6.07, 6.45) is 0.423. The molecule has 1 amide bonds. The number of hydrogen-bond acceptors (Lipinski definition) is 4. The number of carbonyl (C=O) groups excluding carboxylic acids is 1. The summed E-state index contributed by atoms with van der Waals surface area (Å²) in [7, 11) is 0. The molecule has 7 heteroatoms. The number of benzene rings is 2. The molecule has 2 aromatic heterocycles. The van der Waals surface area contributed by atoms with Crippen LogP contribution in [0.4, 0.5) is 5.69 Å². The summed E-state index contributed by atoms with van der Waals surface area (Å²) in [5.74, 6) is -0.269. The third-order valence-corrected chi connectivity index (χ3v) is 6.27. The summed E-state index contributed by atoms with van der Waals surface area (Å²) in [5, 5.41) is 12.9. The Morgan fingerprint density at radius 2 is 1.70 bits per heavy atom. The van der Waals surface area contributed by atoms with Gasteiger partial charge in [0.1, 0.15) is 6.04 Å². The molecule has 0 aliphatic carbocycles. The Balaban J connectivity index is 1.79. The van der Waals surface area contributed by atoms with E-state index in [0.717, 1.165) is 39.1 Å². The largest absolute Gasteiger partial charge is 0.324 e. The van der Waals surface area contributed by atoms with Crippen LogP contribution in [0, 0.1) is 34.6 Å². The lowest BCUT2D eigenvalue weighted by molar-refractivity contribution is -0.119. The maximum Gasteiger partial charge on any atom is 0.295 e. The first-order valence-electron chi connectivity index (χ1n) is 11.2. The summed E-state index contributed by atoms with van der Waals surface area (Å²) in [6.45, 7) is 11.6. The smallest absolute Gasteiger partial charge is 0.295 e. The predicted molar refractivity (Wildman–Crippen MR) is 131 cm³/mol. The zero-order valence-electron chi connectivity index (χ0n) is 19.9. The molecule has 2 heterocycles. The van der Waals surface area contributed by atoms with Crippen molar-refractivity contribution in [1.82, 2.24) is 19.6 Å². The molecule has 33 heavy (non-hydrogen) atoms. The van der Waals surface area contributed by atoms with Crippen molar-refractivity contribution in [2.75, 3.05) is 5.32 Å². The van der Waals surface area contributed by atoms with Gasteiger partial charge in [-0.1, -0.05) is 36.8 Å². The quantitative estimate of drug-likeness (QED) is 0.484. The monoisotopic (exact) mass is 443 g/mol. The van der Waals surface area contributed by atoms with E-state index in [4.69, 9.17) is 0 Å². The van der Waals surface area contributed by atoms with Crippen LogP contribution < -0.4 is 10.9 Å². The lowest BCUT2D eigenvalue weighted by atomic mass is 10.1. The Hall–Kier alpha value is -3.74. The molecule has 0 fully saturated rings.